The number of rotatable bonds is 8. The number of hydrogen-bond acceptors (Lipinski definition) is 7. The van der Waals surface area contributed by atoms with Gasteiger partial charge in [-0.3, -0.25) is 9.80 Å². The monoisotopic (exact) mass is 450 g/mol. The Morgan fingerprint density at radius 3 is 2.91 bits per heavy atom. The smallest absolute Gasteiger partial charge is 0.329 e. The number of benzene rings is 1. The number of nitrogens with zero attached hydrogens (tertiary/aromatic N) is 7. The average molecular weight is 450 g/mol. The Kier molecular flexibility index (Phi) is 6.38. The molecule has 12 heteroatoms. The van der Waals surface area contributed by atoms with Crippen LogP contribution in [0.5, 0.6) is 0 Å². The first-order chi connectivity index (χ1) is 15.3. The van der Waals surface area contributed by atoms with Gasteiger partial charge in [0.1, 0.15) is 42.3 Å². The van der Waals surface area contributed by atoms with Crippen LogP contribution < -0.4 is 4.68 Å². The van der Waals surface area contributed by atoms with Crippen molar-refractivity contribution in [2.45, 2.75) is 31.3 Å². The van der Waals surface area contributed by atoms with Gasteiger partial charge in [0, 0.05) is 24.2 Å². The van der Waals surface area contributed by atoms with Gasteiger partial charge < -0.3 is 9.84 Å². The van der Waals surface area contributed by atoms with E-state index in [0.29, 0.717) is 26.4 Å². The highest BCUT2D eigenvalue weighted by molar-refractivity contribution is 5.86. The third kappa shape index (κ3) is 4.44. The van der Waals surface area contributed by atoms with Gasteiger partial charge in [0.2, 0.25) is 6.33 Å². The molecule has 32 heavy (non-hydrogen) atoms. The molecule has 0 spiro atoms. The molecule has 2 aliphatic rings. The van der Waals surface area contributed by atoms with Gasteiger partial charge in [-0.2, -0.15) is 9.78 Å². The number of aromatic nitrogens is 3. The number of aliphatic hydroxyl groups is 1. The summed E-state index contributed by atoms with van der Waals surface area (Å²) in [4.78, 5) is 7.89. The predicted molar refractivity (Wildman–Crippen MR) is 108 cm³/mol. The van der Waals surface area contributed by atoms with Crippen LogP contribution in [0.15, 0.2) is 41.2 Å². The highest BCUT2D eigenvalue weighted by atomic mass is 19.1. The number of nitrogens with one attached hydrogen (secondary N) is 1. The molecular formula is C20H28F2N8O2+2. The molecule has 0 bridgehead atoms. The molecule has 2 aromatic rings. The van der Waals surface area contributed by atoms with Crippen molar-refractivity contribution in [2.24, 2.45) is 10.3 Å². The fourth-order valence-electron chi connectivity index (χ4n) is 4.08. The second kappa shape index (κ2) is 9.06. The Morgan fingerprint density at radius 2 is 2.22 bits per heavy atom. The Morgan fingerprint density at radius 1 is 1.41 bits per heavy atom. The predicted octanol–water partition coefficient (Wildman–Crippen LogP) is 0.263. The second-order valence-corrected chi connectivity index (χ2v) is 8.39. The summed E-state index contributed by atoms with van der Waals surface area (Å²) in [6.45, 7) is 3.78. The van der Waals surface area contributed by atoms with Crippen molar-refractivity contribution >= 4 is 5.71 Å². The minimum absolute atomic E-state index is 0.00156. The molecule has 1 aromatic heterocycles. The van der Waals surface area contributed by atoms with Gasteiger partial charge in [-0.05, 0) is 32.1 Å². The molecule has 0 saturated carbocycles. The van der Waals surface area contributed by atoms with Gasteiger partial charge in [0.25, 0.3) is 0 Å². The van der Waals surface area contributed by atoms with Crippen LogP contribution in [-0.4, -0.2) is 88.1 Å². The zero-order valence-electron chi connectivity index (χ0n) is 18.3. The maximum absolute atomic E-state index is 14.8. The van der Waals surface area contributed by atoms with Crippen molar-refractivity contribution < 1.29 is 28.0 Å². The summed E-state index contributed by atoms with van der Waals surface area (Å²) in [5, 5.41) is 23.1. The SMILES string of the molecule is C[C@@H](N1CC[N+]2=C(C1)C(OCN(C)C)N=N2)[C@](O)(C[n+]1cnc[nH]1)c1ccc(F)cc1F. The minimum atomic E-state index is -1.68. The van der Waals surface area contributed by atoms with E-state index in [9.17, 15) is 13.9 Å². The zero-order valence-corrected chi connectivity index (χ0v) is 18.3. The van der Waals surface area contributed by atoms with Crippen LogP contribution in [0.3, 0.4) is 0 Å². The summed E-state index contributed by atoms with van der Waals surface area (Å²) in [5.41, 5.74) is -0.798. The number of ether oxygens (including phenoxy) is 1. The summed E-state index contributed by atoms with van der Waals surface area (Å²) in [5.74, 6) is -1.50. The van der Waals surface area contributed by atoms with Crippen LogP contribution >= 0.6 is 0 Å². The van der Waals surface area contributed by atoms with Crippen LogP contribution in [0, 0.1) is 11.6 Å². The maximum Gasteiger partial charge on any atom is 0.329 e. The fourth-order valence-corrected chi connectivity index (χ4v) is 4.08. The summed E-state index contributed by atoms with van der Waals surface area (Å²) in [6.07, 6.45) is 2.46. The molecule has 0 saturated heterocycles. The number of H-pyrrole nitrogens is 1. The van der Waals surface area contributed by atoms with Gasteiger partial charge in [0.15, 0.2) is 5.71 Å². The van der Waals surface area contributed by atoms with E-state index in [1.54, 1.807) is 4.68 Å². The first-order valence-corrected chi connectivity index (χ1v) is 10.4. The molecule has 2 aliphatic heterocycles. The Balaban J connectivity index is 1.61. The van der Waals surface area contributed by atoms with Crippen molar-refractivity contribution in [3.05, 3.63) is 48.1 Å². The van der Waals surface area contributed by atoms with Gasteiger partial charge in [-0.25, -0.2) is 8.78 Å². The molecule has 1 aromatic carbocycles. The van der Waals surface area contributed by atoms with Crippen molar-refractivity contribution in [2.75, 3.05) is 40.5 Å². The molecule has 2 N–H and O–H groups in total. The fraction of sp³-hybridized carbons (Fsp3) is 0.550. The van der Waals surface area contributed by atoms with Crippen molar-refractivity contribution in [3.8, 4) is 0 Å². The average Bonchev–Trinajstić information content (AvgIpc) is 3.40. The van der Waals surface area contributed by atoms with E-state index >= 15 is 0 Å². The van der Waals surface area contributed by atoms with E-state index in [1.165, 1.54) is 18.7 Å². The van der Waals surface area contributed by atoms with E-state index < -0.39 is 29.5 Å². The van der Waals surface area contributed by atoms with E-state index in [-0.39, 0.29) is 12.1 Å². The van der Waals surface area contributed by atoms with Crippen LogP contribution in [0.4, 0.5) is 8.78 Å². The topological polar surface area (TPSA) is 96.2 Å². The van der Waals surface area contributed by atoms with Crippen LogP contribution in [0.1, 0.15) is 12.5 Å². The van der Waals surface area contributed by atoms with Crippen molar-refractivity contribution in [1.29, 1.82) is 0 Å². The van der Waals surface area contributed by atoms with Crippen LogP contribution in [-0.2, 0) is 16.9 Å². The Bertz CT molecular complexity index is 1010. The standard InChI is InChI=1S/C20H27F2N8O2/c1-14(28-6-7-30-18(9-28)19(25-26-30)32-13-27(2)3)20(31,10-29-12-23-11-24-29)16-5-4-15(21)8-17(16)22/h4-5,8,11-12,14,19,31H,6-7,9-10,13H2,1-3H3/q+1/p+1/t14-,19?,20-/m1/s1. The molecular weight excluding hydrogens is 422 g/mol. The third-order valence-corrected chi connectivity index (χ3v) is 5.89. The van der Waals surface area contributed by atoms with Crippen molar-refractivity contribution in [1.82, 2.24) is 19.9 Å². The molecule has 3 heterocycles. The summed E-state index contributed by atoms with van der Waals surface area (Å²) >= 11 is 0. The highest BCUT2D eigenvalue weighted by Crippen LogP contribution is 2.32. The molecule has 3 atom stereocenters. The number of hydrogen-bond donors (Lipinski definition) is 2. The quantitative estimate of drug-likeness (QED) is 0.445. The molecule has 4 rings (SSSR count). The molecule has 0 amide bonds. The lowest BCUT2D eigenvalue weighted by Gasteiger charge is -2.41. The maximum atomic E-state index is 14.8. The molecule has 10 nitrogen and oxygen atoms in total. The van der Waals surface area contributed by atoms with Gasteiger partial charge in [-0.1, -0.05) is 6.07 Å². The Labute approximate surface area is 184 Å². The van der Waals surface area contributed by atoms with Crippen LogP contribution in [0.2, 0.25) is 0 Å². The first kappa shape index (κ1) is 22.5. The summed E-state index contributed by atoms with van der Waals surface area (Å²) in [7, 11) is 3.79. The lowest BCUT2D eigenvalue weighted by molar-refractivity contribution is -0.765. The van der Waals surface area contributed by atoms with Crippen molar-refractivity contribution in [3.63, 3.8) is 0 Å². The normalized spacial score (nSPS) is 21.8. The zero-order chi connectivity index (χ0) is 22.9. The largest absolute Gasteiger partial charge is 0.379 e. The lowest BCUT2D eigenvalue weighted by atomic mass is 9.85. The van der Waals surface area contributed by atoms with E-state index in [1.807, 2.05) is 35.5 Å². The third-order valence-electron chi connectivity index (χ3n) is 5.89. The van der Waals surface area contributed by atoms with Gasteiger partial charge in [0.05, 0.1) is 11.7 Å². The molecule has 0 radical (unpaired) electrons. The van der Waals surface area contributed by atoms with E-state index in [4.69, 9.17) is 4.74 Å². The minimum Gasteiger partial charge on any atom is -0.379 e. The molecule has 1 unspecified atom stereocenters. The number of aromatic amines is 1. The van der Waals surface area contributed by atoms with Gasteiger partial charge >= 0.3 is 12.6 Å². The molecule has 0 aliphatic carbocycles. The number of halogens is 2. The molecule has 0 fully saturated rings. The summed E-state index contributed by atoms with van der Waals surface area (Å²) in [6, 6.07) is 2.70. The van der Waals surface area contributed by atoms with E-state index in [2.05, 4.69) is 20.4 Å². The highest BCUT2D eigenvalue weighted by Gasteiger charge is 2.47. The second-order valence-electron chi connectivity index (χ2n) is 8.39. The van der Waals surface area contributed by atoms with E-state index in [0.717, 1.165) is 17.8 Å². The Hall–Kier alpha value is -2.67. The molecule has 172 valence electrons. The van der Waals surface area contributed by atoms with Crippen LogP contribution in [0.25, 0.3) is 0 Å². The summed E-state index contributed by atoms with van der Waals surface area (Å²) < 4.78 is 37.6. The van der Waals surface area contributed by atoms with Gasteiger partial charge in [-0.15, -0.1) is 4.68 Å². The lowest BCUT2D eigenvalue weighted by Crippen LogP contribution is -2.60. The first-order valence-electron chi connectivity index (χ1n) is 10.4.